The van der Waals surface area contributed by atoms with Crippen molar-refractivity contribution >= 4 is 44.6 Å². The molecule has 3 N–H and O–H groups in total. The molecule has 1 aliphatic rings. The van der Waals surface area contributed by atoms with E-state index in [0.29, 0.717) is 41.2 Å². The number of nitrogens with zero attached hydrogens (tertiary/aromatic N) is 5. The van der Waals surface area contributed by atoms with E-state index in [4.69, 9.17) is 5.11 Å². The van der Waals surface area contributed by atoms with Crippen molar-refractivity contribution in [1.82, 2.24) is 24.2 Å². The van der Waals surface area contributed by atoms with Gasteiger partial charge in [0.1, 0.15) is 11.5 Å². The summed E-state index contributed by atoms with van der Waals surface area (Å²) in [5.74, 6) is -3.65. The summed E-state index contributed by atoms with van der Waals surface area (Å²) >= 11 is 0. The number of carbonyl (C=O) groups is 2. The number of halogens is 2. The van der Waals surface area contributed by atoms with Crippen molar-refractivity contribution in [2.24, 2.45) is 5.92 Å². The molecule has 4 heterocycles. The minimum atomic E-state index is -4.13. The quantitative estimate of drug-likeness (QED) is 0.226. The van der Waals surface area contributed by atoms with Crippen molar-refractivity contribution < 1.29 is 31.9 Å². The predicted octanol–water partition coefficient (Wildman–Crippen LogP) is 3.83. The lowest BCUT2D eigenvalue weighted by Crippen LogP contribution is -2.35. The smallest absolute Gasteiger partial charge is 0.303 e. The van der Waals surface area contributed by atoms with Gasteiger partial charge in [-0.05, 0) is 37.0 Å². The average Bonchev–Trinajstić information content (AvgIpc) is 3.42. The van der Waals surface area contributed by atoms with Crippen LogP contribution < -0.4 is 9.62 Å². The van der Waals surface area contributed by atoms with Crippen LogP contribution in [0.1, 0.15) is 42.1 Å². The van der Waals surface area contributed by atoms with Crippen LogP contribution in [0.2, 0.25) is 0 Å². The van der Waals surface area contributed by atoms with Crippen molar-refractivity contribution in [3.8, 4) is 11.1 Å². The van der Waals surface area contributed by atoms with E-state index in [9.17, 15) is 22.4 Å². The lowest BCUT2D eigenvalue weighted by Gasteiger charge is -2.31. The first kappa shape index (κ1) is 30.0. The number of H-pyrrole nitrogens is 1. The second-order valence-corrected chi connectivity index (χ2v) is 12.0. The number of piperidine rings is 1. The van der Waals surface area contributed by atoms with Crippen LogP contribution in [0.15, 0.2) is 43.0 Å². The molecule has 0 unspecified atom stereocenters. The van der Waals surface area contributed by atoms with Crippen LogP contribution in [-0.4, -0.2) is 76.2 Å². The molecule has 15 heteroatoms. The van der Waals surface area contributed by atoms with Gasteiger partial charge in [-0.2, -0.15) is 12.7 Å². The number of carboxylic acids is 1. The molecule has 0 saturated carbocycles. The number of carboxylic acid groups (broad SMARTS) is 1. The van der Waals surface area contributed by atoms with E-state index in [1.165, 1.54) is 13.2 Å². The van der Waals surface area contributed by atoms with Crippen molar-refractivity contribution in [3.05, 3.63) is 65.7 Å². The van der Waals surface area contributed by atoms with E-state index in [1.54, 1.807) is 31.6 Å². The first-order valence-corrected chi connectivity index (χ1v) is 15.0. The van der Waals surface area contributed by atoms with E-state index in [0.717, 1.165) is 29.3 Å². The molecule has 0 amide bonds. The van der Waals surface area contributed by atoms with Crippen LogP contribution in [0.5, 0.6) is 0 Å². The highest BCUT2D eigenvalue weighted by Gasteiger charge is 2.27. The lowest BCUT2D eigenvalue weighted by atomic mass is 9.94. The standard InChI is InChI=1S/C28H29F2N7O5S/c1-3-36(2)43(41,42)35-22-5-4-21(29)24(25(22)30)26(40)20-15-32-27-19(20)11-17(12-31-27)18-13-33-28(34-14-18)37-8-6-16(7-9-37)10-23(38)39/h4-5,11-16,35H,3,6-10H2,1-2H3,(H,31,32)(H,38,39). The largest absolute Gasteiger partial charge is 0.481 e. The Labute approximate surface area is 246 Å². The van der Waals surface area contributed by atoms with Gasteiger partial charge in [-0.15, -0.1) is 0 Å². The summed E-state index contributed by atoms with van der Waals surface area (Å²) in [5, 5.41) is 9.31. The van der Waals surface area contributed by atoms with E-state index in [2.05, 4.69) is 24.7 Å². The van der Waals surface area contributed by atoms with E-state index in [1.807, 2.05) is 4.90 Å². The third kappa shape index (κ3) is 6.17. The minimum Gasteiger partial charge on any atom is -0.481 e. The molecule has 0 bridgehead atoms. The number of benzene rings is 1. The summed E-state index contributed by atoms with van der Waals surface area (Å²) in [6.45, 7) is 2.98. The van der Waals surface area contributed by atoms with Crippen LogP contribution >= 0.6 is 0 Å². The second-order valence-electron chi connectivity index (χ2n) is 10.3. The van der Waals surface area contributed by atoms with Gasteiger partial charge in [-0.25, -0.2) is 23.7 Å². The molecule has 0 spiro atoms. The Morgan fingerprint density at radius 2 is 1.79 bits per heavy atom. The first-order chi connectivity index (χ1) is 20.5. The predicted molar refractivity (Wildman–Crippen MR) is 155 cm³/mol. The number of pyridine rings is 1. The molecule has 1 saturated heterocycles. The van der Waals surface area contributed by atoms with E-state index in [-0.39, 0.29) is 24.4 Å². The number of anilines is 2. The minimum absolute atomic E-state index is 0.0606. The highest BCUT2D eigenvalue weighted by Crippen LogP contribution is 2.30. The number of hydrogen-bond acceptors (Lipinski definition) is 8. The Kier molecular flexibility index (Phi) is 8.37. The van der Waals surface area contributed by atoms with Crippen LogP contribution in [0.3, 0.4) is 0 Å². The monoisotopic (exact) mass is 613 g/mol. The van der Waals surface area contributed by atoms with Gasteiger partial charge < -0.3 is 15.0 Å². The number of aromatic amines is 1. The highest BCUT2D eigenvalue weighted by molar-refractivity contribution is 7.90. The molecule has 0 atom stereocenters. The Morgan fingerprint density at radius 1 is 1.12 bits per heavy atom. The fourth-order valence-electron chi connectivity index (χ4n) is 4.93. The summed E-state index contributed by atoms with van der Waals surface area (Å²) in [5.41, 5.74) is -0.0894. The number of ketones is 1. The normalized spacial score (nSPS) is 14.4. The molecule has 12 nitrogen and oxygen atoms in total. The summed E-state index contributed by atoms with van der Waals surface area (Å²) in [6, 6.07) is 3.37. The molecule has 1 aromatic carbocycles. The molecular formula is C28H29F2N7O5S. The fraction of sp³-hybridized carbons (Fsp3) is 0.321. The number of rotatable bonds is 10. The maximum atomic E-state index is 15.4. The van der Waals surface area contributed by atoms with Crippen molar-refractivity contribution in [3.63, 3.8) is 0 Å². The zero-order valence-electron chi connectivity index (χ0n) is 23.3. The average molecular weight is 614 g/mol. The van der Waals surface area contributed by atoms with Gasteiger partial charge in [0.15, 0.2) is 5.82 Å². The lowest BCUT2D eigenvalue weighted by molar-refractivity contribution is -0.138. The Morgan fingerprint density at radius 3 is 2.44 bits per heavy atom. The van der Waals surface area contributed by atoms with Crippen molar-refractivity contribution in [1.29, 1.82) is 0 Å². The fourth-order valence-corrected chi connectivity index (χ4v) is 5.86. The maximum absolute atomic E-state index is 15.4. The topological polar surface area (TPSA) is 161 Å². The zero-order chi connectivity index (χ0) is 30.9. The van der Waals surface area contributed by atoms with Gasteiger partial charge in [-0.3, -0.25) is 14.3 Å². The molecule has 226 valence electrons. The van der Waals surface area contributed by atoms with Crippen molar-refractivity contribution in [2.75, 3.05) is 36.3 Å². The molecule has 1 fully saturated rings. The van der Waals surface area contributed by atoms with Crippen LogP contribution in [-0.2, 0) is 15.0 Å². The SMILES string of the molecule is CCN(C)S(=O)(=O)Nc1ccc(F)c(C(=O)c2c[nH]c3ncc(-c4cnc(N5CCC(CC(=O)O)CC5)nc4)cc23)c1F. The van der Waals surface area contributed by atoms with Crippen LogP contribution in [0.25, 0.3) is 22.2 Å². The third-order valence-corrected chi connectivity index (χ3v) is 9.08. The van der Waals surface area contributed by atoms with Gasteiger partial charge in [0.05, 0.1) is 11.3 Å². The zero-order valence-corrected chi connectivity index (χ0v) is 24.2. The highest BCUT2D eigenvalue weighted by atomic mass is 32.2. The third-order valence-electron chi connectivity index (χ3n) is 7.52. The van der Waals surface area contributed by atoms with E-state index < -0.39 is 44.8 Å². The van der Waals surface area contributed by atoms with Crippen LogP contribution in [0.4, 0.5) is 20.4 Å². The summed E-state index contributed by atoms with van der Waals surface area (Å²) < 4.78 is 58.0. The van der Waals surface area contributed by atoms with Gasteiger partial charge in [0, 0.05) is 80.0 Å². The summed E-state index contributed by atoms with van der Waals surface area (Å²) in [6.07, 6.45) is 7.65. The Bertz CT molecular complexity index is 1790. The molecule has 0 aliphatic carbocycles. The van der Waals surface area contributed by atoms with Crippen LogP contribution in [0, 0.1) is 17.6 Å². The summed E-state index contributed by atoms with van der Waals surface area (Å²) in [4.78, 5) is 42.5. The second kappa shape index (κ2) is 12.0. The molecule has 3 aromatic heterocycles. The molecular weight excluding hydrogens is 584 g/mol. The van der Waals surface area contributed by atoms with E-state index >= 15 is 4.39 Å². The van der Waals surface area contributed by atoms with Crippen molar-refractivity contribution in [2.45, 2.75) is 26.2 Å². The van der Waals surface area contributed by atoms with Gasteiger partial charge >= 0.3 is 16.2 Å². The first-order valence-electron chi connectivity index (χ1n) is 13.5. The number of hydrogen-bond donors (Lipinski definition) is 3. The van der Waals surface area contributed by atoms with Gasteiger partial charge in [-0.1, -0.05) is 6.92 Å². The molecule has 1 aliphatic heterocycles. The molecule has 43 heavy (non-hydrogen) atoms. The number of aromatic nitrogens is 4. The van der Waals surface area contributed by atoms with Gasteiger partial charge in [0.25, 0.3) is 0 Å². The number of nitrogens with one attached hydrogen (secondary N) is 2. The van der Waals surface area contributed by atoms with Gasteiger partial charge in [0.2, 0.25) is 11.7 Å². The summed E-state index contributed by atoms with van der Waals surface area (Å²) in [7, 11) is -2.84. The number of fused-ring (bicyclic) bond motifs is 1. The molecule has 4 aromatic rings. The maximum Gasteiger partial charge on any atom is 0.303 e. The number of carbonyl (C=O) groups excluding carboxylic acids is 1. The number of aliphatic carboxylic acids is 1. The Hall–Kier alpha value is -4.50. The molecule has 5 rings (SSSR count). The Balaban J connectivity index is 1.40. The molecule has 0 radical (unpaired) electrons.